The minimum atomic E-state index is 0.216. The third-order valence-electron chi connectivity index (χ3n) is 3.08. The number of thiophene rings is 1. The molecule has 0 aliphatic rings. The number of nitrogens with one attached hydrogen (secondary N) is 1. The van der Waals surface area contributed by atoms with Crippen molar-refractivity contribution in [2.75, 3.05) is 6.54 Å². The Bertz CT molecular complexity index is 556. The summed E-state index contributed by atoms with van der Waals surface area (Å²) in [7, 11) is 0. The number of benzene rings is 1. The third kappa shape index (κ3) is 3.40. The van der Waals surface area contributed by atoms with Crippen LogP contribution in [-0.4, -0.2) is 6.54 Å². The van der Waals surface area contributed by atoms with Gasteiger partial charge in [0.2, 0.25) is 0 Å². The van der Waals surface area contributed by atoms with E-state index < -0.39 is 0 Å². The average molecular weight is 359 g/mol. The van der Waals surface area contributed by atoms with E-state index in [9.17, 15) is 0 Å². The second-order valence-electron chi connectivity index (χ2n) is 4.60. The molecule has 1 heterocycles. The lowest BCUT2D eigenvalue weighted by Gasteiger charge is -2.19. The average Bonchev–Trinajstić information content (AvgIpc) is 2.79. The Hall–Kier alpha value is -0.350. The summed E-state index contributed by atoms with van der Waals surface area (Å²) in [5.41, 5.74) is 3.82. The molecular weight excluding hydrogens is 342 g/mol. The highest BCUT2D eigenvalue weighted by atomic mass is 79.9. The summed E-state index contributed by atoms with van der Waals surface area (Å²) in [6.45, 7) is 7.31. The number of hydrogen-bond acceptors (Lipinski definition) is 2. The van der Waals surface area contributed by atoms with Gasteiger partial charge in [-0.1, -0.05) is 46.6 Å². The minimum absolute atomic E-state index is 0.216. The molecule has 0 amide bonds. The molecule has 2 aromatic rings. The molecule has 0 bridgehead atoms. The van der Waals surface area contributed by atoms with Crippen molar-refractivity contribution >= 4 is 38.9 Å². The molecule has 0 saturated heterocycles. The molecule has 1 N–H and O–H groups in total. The Morgan fingerprint density at radius 1 is 1.26 bits per heavy atom. The largest absolute Gasteiger partial charge is 0.306 e. The molecule has 0 aliphatic heterocycles. The van der Waals surface area contributed by atoms with Gasteiger partial charge >= 0.3 is 0 Å². The molecule has 0 saturated carbocycles. The highest BCUT2D eigenvalue weighted by molar-refractivity contribution is 9.10. The molecule has 2 rings (SSSR count). The van der Waals surface area contributed by atoms with E-state index in [1.54, 1.807) is 11.3 Å². The lowest BCUT2D eigenvalue weighted by Crippen LogP contribution is -2.21. The summed E-state index contributed by atoms with van der Waals surface area (Å²) >= 11 is 11.3. The summed E-state index contributed by atoms with van der Waals surface area (Å²) in [4.78, 5) is 1.26. The minimum Gasteiger partial charge on any atom is -0.306 e. The Balaban J connectivity index is 2.44. The molecular formula is C15H17BrClNS. The van der Waals surface area contributed by atoms with Gasteiger partial charge in [-0.25, -0.2) is 0 Å². The monoisotopic (exact) mass is 357 g/mol. The lowest BCUT2D eigenvalue weighted by atomic mass is 10.00. The maximum atomic E-state index is 6.06. The molecule has 0 fully saturated rings. The maximum absolute atomic E-state index is 6.06. The van der Waals surface area contributed by atoms with E-state index in [0.717, 1.165) is 10.9 Å². The van der Waals surface area contributed by atoms with Crippen molar-refractivity contribution in [2.24, 2.45) is 0 Å². The quantitative estimate of drug-likeness (QED) is 0.763. The van der Waals surface area contributed by atoms with Crippen LogP contribution in [-0.2, 0) is 0 Å². The summed E-state index contributed by atoms with van der Waals surface area (Å²) in [6, 6.07) is 8.75. The molecule has 19 heavy (non-hydrogen) atoms. The van der Waals surface area contributed by atoms with Crippen LogP contribution in [0, 0.1) is 13.8 Å². The zero-order valence-corrected chi connectivity index (χ0v) is 14.4. The first kappa shape index (κ1) is 15.0. The first-order chi connectivity index (χ1) is 9.02. The molecule has 1 unspecified atom stereocenters. The van der Waals surface area contributed by atoms with E-state index >= 15 is 0 Å². The van der Waals surface area contributed by atoms with Crippen LogP contribution in [0.3, 0.4) is 0 Å². The van der Waals surface area contributed by atoms with Crippen LogP contribution in [0.1, 0.15) is 34.5 Å². The Kier molecular flexibility index (Phi) is 5.07. The zero-order chi connectivity index (χ0) is 14.0. The van der Waals surface area contributed by atoms with Crippen LogP contribution >= 0.6 is 38.9 Å². The molecule has 0 spiro atoms. The van der Waals surface area contributed by atoms with E-state index in [1.807, 2.05) is 6.07 Å². The van der Waals surface area contributed by atoms with Crippen LogP contribution in [0.25, 0.3) is 0 Å². The number of halogens is 2. The number of hydrogen-bond donors (Lipinski definition) is 1. The van der Waals surface area contributed by atoms with Gasteiger partial charge in [0.25, 0.3) is 0 Å². The highest BCUT2D eigenvalue weighted by Gasteiger charge is 2.16. The van der Waals surface area contributed by atoms with Gasteiger partial charge in [-0.3, -0.25) is 0 Å². The summed E-state index contributed by atoms with van der Waals surface area (Å²) in [6.07, 6.45) is 0. The highest BCUT2D eigenvalue weighted by Crippen LogP contribution is 2.33. The molecule has 102 valence electrons. The first-order valence-electron chi connectivity index (χ1n) is 6.28. The van der Waals surface area contributed by atoms with Gasteiger partial charge < -0.3 is 5.32 Å². The standard InChI is InChI=1S/C15H17BrClNS/c1-4-18-15(12-5-6-13(17)19-12)11-7-9(2)14(16)10(3)8-11/h5-8,15,18H,4H2,1-3H3. The Morgan fingerprint density at radius 3 is 2.37 bits per heavy atom. The van der Waals surface area contributed by atoms with Crippen LogP contribution in [0.5, 0.6) is 0 Å². The predicted molar refractivity (Wildman–Crippen MR) is 88.5 cm³/mol. The fourth-order valence-electron chi connectivity index (χ4n) is 2.22. The van der Waals surface area contributed by atoms with E-state index in [0.29, 0.717) is 0 Å². The van der Waals surface area contributed by atoms with Crippen LogP contribution in [0.15, 0.2) is 28.7 Å². The summed E-state index contributed by atoms with van der Waals surface area (Å²) in [5, 5.41) is 3.54. The molecule has 4 heteroatoms. The van der Waals surface area contributed by atoms with Crippen LogP contribution < -0.4 is 5.32 Å². The summed E-state index contributed by atoms with van der Waals surface area (Å²) < 4.78 is 2.03. The third-order valence-corrected chi connectivity index (χ3v) is 5.63. The van der Waals surface area contributed by atoms with Crippen molar-refractivity contribution in [2.45, 2.75) is 26.8 Å². The second-order valence-corrected chi connectivity index (χ2v) is 7.14. The predicted octanol–water partition coefficient (Wildman–Crippen LogP) is 5.48. The van der Waals surface area contributed by atoms with Gasteiger partial charge in [0.05, 0.1) is 10.4 Å². The van der Waals surface area contributed by atoms with Crippen molar-refractivity contribution in [3.63, 3.8) is 0 Å². The normalized spacial score (nSPS) is 12.7. The molecule has 1 aromatic heterocycles. The Labute approximate surface area is 132 Å². The van der Waals surface area contributed by atoms with Gasteiger partial charge in [-0.2, -0.15) is 0 Å². The van der Waals surface area contributed by atoms with E-state index in [1.165, 1.54) is 26.0 Å². The topological polar surface area (TPSA) is 12.0 Å². The van der Waals surface area contributed by atoms with Crippen molar-refractivity contribution in [3.8, 4) is 0 Å². The van der Waals surface area contributed by atoms with Crippen molar-refractivity contribution in [1.82, 2.24) is 5.32 Å². The van der Waals surface area contributed by atoms with Gasteiger partial charge in [-0.15, -0.1) is 11.3 Å². The lowest BCUT2D eigenvalue weighted by molar-refractivity contribution is 0.639. The summed E-state index contributed by atoms with van der Waals surface area (Å²) in [5.74, 6) is 0. The number of aryl methyl sites for hydroxylation is 2. The van der Waals surface area contributed by atoms with Crippen molar-refractivity contribution in [1.29, 1.82) is 0 Å². The van der Waals surface area contributed by atoms with E-state index in [-0.39, 0.29) is 6.04 Å². The van der Waals surface area contributed by atoms with E-state index in [2.05, 4.69) is 60.2 Å². The van der Waals surface area contributed by atoms with Gasteiger partial charge in [-0.05, 0) is 49.2 Å². The maximum Gasteiger partial charge on any atom is 0.0931 e. The van der Waals surface area contributed by atoms with Crippen LogP contribution in [0.2, 0.25) is 4.34 Å². The van der Waals surface area contributed by atoms with Gasteiger partial charge in [0.15, 0.2) is 0 Å². The van der Waals surface area contributed by atoms with Crippen molar-refractivity contribution in [3.05, 3.63) is 54.6 Å². The second kappa shape index (κ2) is 6.40. The number of rotatable bonds is 4. The molecule has 1 aromatic carbocycles. The smallest absolute Gasteiger partial charge is 0.0931 e. The molecule has 0 radical (unpaired) electrons. The van der Waals surface area contributed by atoms with Crippen molar-refractivity contribution < 1.29 is 0 Å². The molecule has 0 aliphatic carbocycles. The van der Waals surface area contributed by atoms with Gasteiger partial charge in [0, 0.05) is 9.35 Å². The van der Waals surface area contributed by atoms with Gasteiger partial charge in [0.1, 0.15) is 0 Å². The van der Waals surface area contributed by atoms with Crippen LogP contribution in [0.4, 0.5) is 0 Å². The Morgan fingerprint density at radius 2 is 1.89 bits per heavy atom. The molecule has 1 nitrogen and oxygen atoms in total. The van der Waals surface area contributed by atoms with E-state index in [4.69, 9.17) is 11.6 Å². The fraction of sp³-hybridized carbons (Fsp3) is 0.333. The molecule has 1 atom stereocenters. The fourth-order valence-corrected chi connectivity index (χ4v) is 3.61. The first-order valence-corrected chi connectivity index (χ1v) is 8.27. The SMILES string of the molecule is CCNC(c1cc(C)c(Br)c(C)c1)c1ccc(Cl)s1. The zero-order valence-electron chi connectivity index (χ0n) is 11.3.